The quantitative estimate of drug-likeness (QED) is 0.722. The third kappa shape index (κ3) is 5.03. The summed E-state index contributed by atoms with van der Waals surface area (Å²) in [6.07, 6.45) is 5.51. The van der Waals surface area contributed by atoms with Gasteiger partial charge in [0.1, 0.15) is 5.75 Å². The first-order valence-electron chi connectivity index (χ1n) is 9.96. The van der Waals surface area contributed by atoms with Crippen molar-refractivity contribution in [3.63, 3.8) is 0 Å². The summed E-state index contributed by atoms with van der Waals surface area (Å²) in [6, 6.07) is 6.78. The second-order valence-electron chi connectivity index (χ2n) is 7.35. The fraction of sp³-hybridized carbons (Fsp3) is 0.571. The van der Waals surface area contributed by atoms with Gasteiger partial charge >= 0.3 is 5.97 Å². The Hall–Kier alpha value is -2.57. The fourth-order valence-electron chi connectivity index (χ4n) is 3.84. The van der Waals surface area contributed by atoms with E-state index >= 15 is 0 Å². The zero-order valence-corrected chi connectivity index (χ0v) is 16.4. The van der Waals surface area contributed by atoms with E-state index in [4.69, 9.17) is 4.74 Å². The molecule has 1 aromatic carbocycles. The minimum Gasteiger partial charge on any atom is -0.482 e. The van der Waals surface area contributed by atoms with Gasteiger partial charge in [0.25, 0.3) is 5.91 Å². The molecule has 2 amide bonds. The van der Waals surface area contributed by atoms with Gasteiger partial charge < -0.3 is 19.3 Å². The second-order valence-corrected chi connectivity index (χ2v) is 7.35. The van der Waals surface area contributed by atoms with Gasteiger partial charge in [-0.2, -0.15) is 0 Å². The molecule has 7 nitrogen and oxygen atoms in total. The third-order valence-electron chi connectivity index (χ3n) is 5.50. The Labute approximate surface area is 165 Å². The number of benzene rings is 1. The molecule has 0 radical (unpaired) electrons. The second kappa shape index (κ2) is 9.57. The maximum absolute atomic E-state index is 12.8. The highest BCUT2D eigenvalue weighted by Crippen LogP contribution is 2.26. The minimum atomic E-state index is -0.476. The molecule has 0 atom stereocenters. The number of hydrogen-bond donors (Lipinski definition) is 0. The normalized spacial score (nSPS) is 17.9. The van der Waals surface area contributed by atoms with Crippen LogP contribution in [-0.4, -0.2) is 67.5 Å². The first kappa shape index (κ1) is 20.2. The van der Waals surface area contributed by atoms with Crippen LogP contribution in [0.15, 0.2) is 24.3 Å². The molecule has 0 bridgehead atoms. The molecular weight excluding hydrogens is 360 g/mol. The van der Waals surface area contributed by atoms with Crippen LogP contribution in [-0.2, 0) is 14.3 Å². The maximum atomic E-state index is 12.8. The first-order valence-corrected chi connectivity index (χ1v) is 9.96. The number of nitrogens with zero attached hydrogens (tertiary/aromatic N) is 2. The molecule has 7 heteroatoms. The molecule has 1 saturated carbocycles. The van der Waals surface area contributed by atoms with Crippen molar-refractivity contribution in [3.05, 3.63) is 29.8 Å². The van der Waals surface area contributed by atoms with Crippen molar-refractivity contribution in [1.82, 2.24) is 9.80 Å². The molecule has 2 fully saturated rings. The average Bonchev–Trinajstić information content (AvgIpc) is 2.77. The summed E-state index contributed by atoms with van der Waals surface area (Å²) < 4.78 is 9.90. The molecule has 3 rings (SSSR count). The van der Waals surface area contributed by atoms with E-state index in [1.807, 2.05) is 4.90 Å². The minimum absolute atomic E-state index is 0.0896. The Morgan fingerprint density at radius 2 is 1.68 bits per heavy atom. The Kier molecular flexibility index (Phi) is 6.90. The van der Waals surface area contributed by atoms with Gasteiger partial charge in [-0.1, -0.05) is 25.3 Å². The zero-order valence-electron chi connectivity index (χ0n) is 16.4. The molecule has 0 spiro atoms. The van der Waals surface area contributed by atoms with E-state index in [1.54, 1.807) is 29.2 Å². The Morgan fingerprint density at radius 3 is 2.36 bits per heavy atom. The van der Waals surface area contributed by atoms with Crippen LogP contribution in [0.2, 0.25) is 0 Å². The Morgan fingerprint density at radius 1 is 1.00 bits per heavy atom. The lowest BCUT2D eigenvalue weighted by Crippen LogP contribution is -2.52. The van der Waals surface area contributed by atoms with Crippen molar-refractivity contribution in [2.24, 2.45) is 5.92 Å². The number of piperazine rings is 1. The average molecular weight is 388 g/mol. The molecule has 2 aliphatic rings. The maximum Gasteiger partial charge on any atom is 0.343 e. The first-order chi connectivity index (χ1) is 13.6. The van der Waals surface area contributed by atoms with E-state index in [0.29, 0.717) is 37.5 Å². The molecular formula is C21H28N2O5. The highest BCUT2D eigenvalue weighted by atomic mass is 16.6. The van der Waals surface area contributed by atoms with Crippen molar-refractivity contribution in [2.75, 3.05) is 39.9 Å². The van der Waals surface area contributed by atoms with Crippen molar-refractivity contribution >= 4 is 17.8 Å². The van der Waals surface area contributed by atoms with Crippen LogP contribution in [0.25, 0.3) is 0 Å². The molecule has 1 saturated heterocycles. The van der Waals surface area contributed by atoms with Gasteiger partial charge in [0.05, 0.1) is 7.11 Å². The lowest BCUT2D eigenvalue weighted by atomic mass is 9.88. The SMILES string of the molecule is COC(=O)COc1cccc(C(=O)N2CCN(C(=O)C3CCCCC3)CC2)c1. The van der Waals surface area contributed by atoms with E-state index in [0.717, 1.165) is 25.7 Å². The van der Waals surface area contributed by atoms with Crippen LogP contribution in [0.1, 0.15) is 42.5 Å². The molecule has 28 heavy (non-hydrogen) atoms. The number of ether oxygens (including phenoxy) is 2. The van der Waals surface area contributed by atoms with E-state index in [1.165, 1.54) is 13.5 Å². The number of rotatable bonds is 5. The summed E-state index contributed by atoms with van der Waals surface area (Å²) in [6.45, 7) is 2.03. The summed E-state index contributed by atoms with van der Waals surface area (Å²) in [5, 5.41) is 0. The highest BCUT2D eigenvalue weighted by Gasteiger charge is 2.30. The van der Waals surface area contributed by atoms with Crippen LogP contribution < -0.4 is 4.74 Å². The van der Waals surface area contributed by atoms with Crippen LogP contribution >= 0.6 is 0 Å². The third-order valence-corrected chi connectivity index (χ3v) is 5.50. The highest BCUT2D eigenvalue weighted by molar-refractivity contribution is 5.94. The van der Waals surface area contributed by atoms with Crippen LogP contribution in [0.3, 0.4) is 0 Å². The molecule has 1 aromatic rings. The predicted octanol–water partition coefficient (Wildman–Crippen LogP) is 2.10. The number of esters is 1. The van der Waals surface area contributed by atoms with Crippen molar-refractivity contribution < 1.29 is 23.9 Å². The molecule has 0 unspecified atom stereocenters. The van der Waals surface area contributed by atoms with E-state index < -0.39 is 5.97 Å². The number of hydrogen-bond acceptors (Lipinski definition) is 5. The number of methoxy groups -OCH3 is 1. The van der Waals surface area contributed by atoms with Crippen LogP contribution in [0, 0.1) is 5.92 Å². The summed E-state index contributed by atoms with van der Waals surface area (Å²) in [4.78, 5) is 40.3. The van der Waals surface area contributed by atoms with E-state index in [-0.39, 0.29) is 24.3 Å². The van der Waals surface area contributed by atoms with Crippen LogP contribution in [0.5, 0.6) is 5.75 Å². The fourth-order valence-corrected chi connectivity index (χ4v) is 3.84. The van der Waals surface area contributed by atoms with E-state index in [2.05, 4.69) is 4.74 Å². The standard InChI is InChI=1S/C21H28N2O5/c1-27-19(24)15-28-18-9-5-8-17(14-18)21(26)23-12-10-22(11-13-23)20(25)16-6-3-2-4-7-16/h5,8-9,14,16H,2-4,6-7,10-13,15H2,1H3. The summed E-state index contributed by atoms with van der Waals surface area (Å²) >= 11 is 0. The predicted molar refractivity (Wildman–Crippen MR) is 103 cm³/mol. The van der Waals surface area contributed by atoms with Gasteiger partial charge in [0.15, 0.2) is 6.61 Å². The van der Waals surface area contributed by atoms with E-state index in [9.17, 15) is 14.4 Å². The molecule has 0 aromatic heterocycles. The molecule has 152 valence electrons. The monoisotopic (exact) mass is 388 g/mol. The van der Waals surface area contributed by atoms with Crippen LogP contribution in [0.4, 0.5) is 0 Å². The zero-order chi connectivity index (χ0) is 19.9. The van der Waals surface area contributed by atoms with Gasteiger partial charge in [-0.05, 0) is 31.0 Å². The summed E-state index contributed by atoms with van der Waals surface area (Å²) in [5.41, 5.74) is 0.509. The molecule has 0 N–H and O–H groups in total. The Balaban J connectivity index is 1.53. The van der Waals surface area contributed by atoms with Crippen molar-refractivity contribution in [1.29, 1.82) is 0 Å². The molecule has 1 aliphatic carbocycles. The summed E-state index contributed by atoms with van der Waals surface area (Å²) in [5.74, 6) is 0.302. The number of carbonyl (C=O) groups excluding carboxylic acids is 3. The topological polar surface area (TPSA) is 76.2 Å². The molecule has 1 aliphatic heterocycles. The van der Waals surface area contributed by atoms with Crippen molar-refractivity contribution in [2.45, 2.75) is 32.1 Å². The lowest BCUT2D eigenvalue weighted by molar-refractivity contribution is -0.143. The summed E-state index contributed by atoms with van der Waals surface area (Å²) in [7, 11) is 1.30. The smallest absolute Gasteiger partial charge is 0.343 e. The van der Waals surface area contributed by atoms with Gasteiger partial charge in [-0.3, -0.25) is 9.59 Å². The van der Waals surface area contributed by atoms with Gasteiger partial charge in [-0.25, -0.2) is 4.79 Å². The Bertz CT molecular complexity index is 707. The molecule has 1 heterocycles. The van der Waals surface area contributed by atoms with Gasteiger partial charge in [0, 0.05) is 37.7 Å². The largest absolute Gasteiger partial charge is 0.482 e. The number of carbonyl (C=O) groups is 3. The number of amides is 2. The van der Waals surface area contributed by atoms with Crippen molar-refractivity contribution in [3.8, 4) is 5.75 Å². The lowest BCUT2D eigenvalue weighted by Gasteiger charge is -2.37. The van der Waals surface area contributed by atoms with Gasteiger partial charge in [0.2, 0.25) is 5.91 Å². The van der Waals surface area contributed by atoms with Gasteiger partial charge in [-0.15, -0.1) is 0 Å².